The van der Waals surface area contributed by atoms with Crippen molar-refractivity contribution in [3.05, 3.63) is 48.6 Å². The van der Waals surface area contributed by atoms with E-state index in [1.807, 2.05) is 11.9 Å². The second-order valence-electron chi connectivity index (χ2n) is 16.2. The monoisotopic (exact) mass is 792 g/mol. The molecule has 0 heterocycles. The van der Waals surface area contributed by atoms with E-state index < -0.39 is 8.56 Å². The minimum absolute atomic E-state index is 0.00290. The molecule has 324 valence electrons. The van der Waals surface area contributed by atoms with Gasteiger partial charge >= 0.3 is 8.56 Å². The Morgan fingerprint density at radius 3 is 1.42 bits per heavy atom. The first kappa shape index (κ1) is 53.9. The van der Waals surface area contributed by atoms with Crippen molar-refractivity contribution < 1.29 is 23.8 Å². The molecule has 0 amide bonds. The van der Waals surface area contributed by atoms with E-state index in [0.717, 1.165) is 77.5 Å². The molecule has 0 spiro atoms. The van der Waals surface area contributed by atoms with Gasteiger partial charge in [0.05, 0.1) is 19.3 Å². The first-order valence-corrected chi connectivity index (χ1v) is 26.2. The molecule has 0 aromatic heterocycles. The molecular formula is C48H93NO5Si. The van der Waals surface area contributed by atoms with E-state index in [0.29, 0.717) is 0 Å². The lowest BCUT2D eigenvalue weighted by molar-refractivity contribution is -0.104. The van der Waals surface area contributed by atoms with Crippen LogP contribution in [-0.2, 0) is 13.6 Å². The van der Waals surface area contributed by atoms with Crippen molar-refractivity contribution in [3.8, 4) is 0 Å². The van der Waals surface area contributed by atoms with Gasteiger partial charge in [0.1, 0.15) is 6.29 Å². The molecule has 1 unspecified atom stereocenters. The van der Waals surface area contributed by atoms with Gasteiger partial charge in [0.15, 0.2) is 0 Å². The largest absolute Gasteiger partial charge is 0.395 e. The summed E-state index contributed by atoms with van der Waals surface area (Å²) in [6, 6.07) is -0.160. The van der Waals surface area contributed by atoms with Gasteiger partial charge in [-0.3, -0.25) is 4.90 Å². The van der Waals surface area contributed by atoms with Gasteiger partial charge < -0.3 is 23.8 Å². The van der Waals surface area contributed by atoms with Crippen LogP contribution in [0.1, 0.15) is 194 Å². The Morgan fingerprint density at radius 2 is 0.927 bits per heavy atom. The molecule has 2 N–H and O–H groups in total. The second-order valence-corrected chi connectivity index (χ2v) is 19.5. The van der Waals surface area contributed by atoms with Crippen molar-refractivity contribution >= 4 is 8.56 Å². The minimum Gasteiger partial charge on any atom is -0.395 e. The first-order chi connectivity index (χ1) is 26.9. The fraction of sp³-hybridized carbons (Fsp3) is 0.833. The van der Waals surface area contributed by atoms with E-state index in [-0.39, 0.29) is 25.5 Å². The number of allylic oxidation sites excluding steroid dienone is 8. The number of unbranched alkanes of at least 4 members (excludes halogenated alkanes) is 20. The van der Waals surface area contributed by atoms with Gasteiger partial charge in [-0.2, -0.15) is 0 Å². The Bertz CT molecular complexity index is 888. The summed E-state index contributed by atoms with van der Waals surface area (Å²) in [6.07, 6.45) is 52.5. The third kappa shape index (κ3) is 39.5. The van der Waals surface area contributed by atoms with Crippen LogP contribution >= 0.6 is 0 Å². The van der Waals surface area contributed by atoms with Crippen molar-refractivity contribution in [3.63, 3.8) is 0 Å². The van der Waals surface area contributed by atoms with Gasteiger partial charge in [-0.25, -0.2) is 0 Å². The summed E-state index contributed by atoms with van der Waals surface area (Å²) in [5.41, 5.74) is 0. The van der Waals surface area contributed by atoms with Crippen molar-refractivity contribution in [2.45, 2.75) is 219 Å². The first-order valence-electron chi connectivity index (χ1n) is 23.3. The number of rotatable bonds is 43. The molecule has 0 aliphatic heterocycles. The fourth-order valence-corrected chi connectivity index (χ4v) is 8.13. The Hall–Kier alpha value is -1.06. The van der Waals surface area contributed by atoms with E-state index in [1.54, 1.807) is 0 Å². The molecule has 1 atom stereocenters. The lowest BCUT2D eigenvalue weighted by Gasteiger charge is -2.29. The molecule has 55 heavy (non-hydrogen) atoms. The average molecular weight is 792 g/mol. The summed E-state index contributed by atoms with van der Waals surface area (Å²) in [4.78, 5) is 2.05. The number of nitrogens with zero attached hydrogens (tertiary/aromatic N) is 1. The molecule has 0 aliphatic rings. The maximum absolute atomic E-state index is 9.37. The summed E-state index contributed by atoms with van der Waals surface area (Å²) in [7, 11) is -0.341. The van der Waals surface area contributed by atoms with Crippen LogP contribution in [0.25, 0.3) is 0 Å². The van der Waals surface area contributed by atoms with E-state index in [4.69, 9.17) is 13.6 Å². The summed E-state index contributed by atoms with van der Waals surface area (Å²) in [5, 5.41) is 18.7. The molecule has 6 nitrogen and oxygen atoms in total. The van der Waals surface area contributed by atoms with E-state index in [9.17, 15) is 10.2 Å². The Balaban J connectivity index is 4.40. The average Bonchev–Trinajstić information content (AvgIpc) is 3.17. The second kappa shape index (κ2) is 42.5. The topological polar surface area (TPSA) is 71.4 Å². The highest BCUT2D eigenvalue weighted by Gasteiger charge is 2.29. The zero-order valence-corrected chi connectivity index (χ0v) is 38.2. The quantitative estimate of drug-likeness (QED) is 0.0277. The predicted molar refractivity (Wildman–Crippen MR) is 242 cm³/mol. The molecule has 0 saturated carbocycles. The van der Waals surface area contributed by atoms with Gasteiger partial charge in [-0.1, -0.05) is 146 Å². The summed E-state index contributed by atoms with van der Waals surface area (Å²) in [6.45, 7) is 11.2. The minimum atomic E-state index is -2.31. The highest BCUT2D eigenvalue weighted by Crippen LogP contribution is 2.19. The fourth-order valence-electron chi connectivity index (χ4n) is 6.61. The Kier molecular flexibility index (Phi) is 41.7. The lowest BCUT2D eigenvalue weighted by atomic mass is 10.1. The van der Waals surface area contributed by atoms with Gasteiger partial charge in [-0.15, -0.1) is 0 Å². The summed E-state index contributed by atoms with van der Waals surface area (Å²) >= 11 is 0. The maximum Gasteiger partial charge on any atom is 0.333 e. The highest BCUT2D eigenvalue weighted by atomic mass is 28.4. The zero-order valence-electron chi connectivity index (χ0n) is 37.2. The Morgan fingerprint density at radius 1 is 0.509 bits per heavy atom. The van der Waals surface area contributed by atoms with Crippen molar-refractivity contribution in [1.82, 2.24) is 4.90 Å². The number of hydrogen-bond acceptors (Lipinski definition) is 6. The number of aliphatic hydroxyl groups is 2. The molecule has 7 heteroatoms. The molecule has 0 aromatic rings. The highest BCUT2D eigenvalue weighted by molar-refractivity contribution is 6.64. The zero-order chi connectivity index (χ0) is 40.3. The van der Waals surface area contributed by atoms with E-state index in [1.165, 1.54) is 122 Å². The van der Waals surface area contributed by atoms with E-state index in [2.05, 4.69) is 75.5 Å². The molecule has 0 aliphatic carbocycles. The normalized spacial score (nSPS) is 13.4. The number of likely N-dealkylation sites (N-methyl/N-ethyl adjacent to an activating group) is 1. The number of hydrogen-bond donors (Lipinski definition) is 2. The third-order valence-electron chi connectivity index (χ3n) is 10.4. The van der Waals surface area contributed by atoms with Crippen LogP contribution in [0.5, 0.6) is 0 Å². The van der Waals surface area contributed by atoms with Crippen molar-refractivity contribution in [2.24, 2.45) is 0 Å². The van der Waals surface area contributed by atoms with Crippen LogP contribution in [0.3, 0.4) is 0 Å². The standard InChI is InChI=1S/C48H93NO5Si/c1-6-8-10-12-14-16-18-20-22-24-26-28-30-32-35-39-43-52-48(41-37-33-31-29-27-25-23-21-19-17-15-13-11-9-7-2)54-55(4,5)53-44-40-36-34-38-42-49(3)47(45-50)46-51/h14-17,20-23,47-48,50-51H,6-13,18-19,24-46H2,1-5H3/b16-14-,17-15-,22-20-,23-21-. The third-order valence-corrected chi connectivity index (χ3v) is 12.1. The van der Waals surface area contributed by atoms with Crippen LogP contribution in [0, 0.1) is 0 Å². The Labute approximate surface area is 343 Å². The van der Waals surface area contributed by atoms with Crippen LogP contribution in [0.2, 0.25) is 13.1 Å². The SMILES string of the molecule is CCCCC/C=C\C/C=C\CCCCCCCCOC(CCCCCCC/C=C\C/C=C\CCCCC)O[Si](C)(C)OCCCCCCN(C)C(CO)CO. The molecule has 0 saturated heterocycles. The molecule has 0 radical (unpaired) electrons. The predicted octanol–water partition coefficient (Wildman–Crippen LogP) is 13.5. The lowest BCUT2D eigenvalue weighted by Crippen LogP contribution is -2.40. The van der Waals surface area contributed by atoms with Gasteiger partial charge in [0.25, 0.3) is 0 Å². The molecule has 0 bridgehead atoms. The van der Waals surface area contributed by atoms with Gasteiger partial charge in [0.2, 0.25) is 0 Å². The van der Waals surface area contributed by atoms with Gasteiger partial charge in [0, 0.05) is 13.2 Å². The molecular weight excluding hydrogens is 699 g/mol. The van der Waals surface area contributed by atoms with Crippen LogP contribution in [0.4, 0.5) is 0 Å². The summed E-state index contributed by atoms with van der Waals surface area (Å²) in [5.74, 6) is 0. The van der Waals surface area contributed by atoms with Gasteiger partial charge in [-0.05, 0) is 123 Å². The van der Waals surface area contributed by atoms with Crippen LogP contribution in [-0.4, -0.2) is 76.0 Å². The number of ether oxygens (including phenoxy) is 1. The maximum atomic E-state index is 9.37. The van der Waals surface area contributed by atoms with Crippen LogP contribution in [0.15, 0.2) is 48.6 Å². The molecule has 0 aromatic carbocycles. The number of aliphatic hydroxyl groups excluding tert-OH is 2. The smallest absolute Gasteiger partial charge is 0.333 e. The van der Waals surface area contributed by atoms with E-state index >= 15 is 0 Å². The molecule has 0 fully saturated rings. The molecule has 0 rings (SSSR count). The van der Waals surface area contributed by atoms with Crippen molar-refractivity contribution in [1.29, 1.82) is 0 Å². The van der Waals surface area contributed by atoms with Crippen LogP contribution < -0.4 is 0 Å². The summed E-state index contributed by atoms with van der Waals surface area (Å²) < 4.78 is 19.4. The van der Waals surface area contributed by atoms with Crippen molar-refractivity contribution in [2.75, 3.05) is 40.0 Å².